The molecule has 2 amide bonds. The summed E-state index contributed by atoms with van der Waals surface area (Å²) in [6, 6.07) is 8.57. The van der Waals surface area contributed by atoms with E-state index >= 15 is 0 Å². The zero-order chi connectivity index (χ0) is 25.9. The van der Waals surface area contributed by atoms with Gasteiger partial charge in [0.25, 0.3) is 0 Å². The van der Waals surface area contributed by atoms with Gasteiger partial charge in [-0.05, 0) is 55.7 Å². The van der Waals surface area contributed by atoms with Gasteiger partial charge in [-0.25, -0.2) is 8.78 Å². The number of nitrogens with one attached hydrogen (secondary N) is 2. The summed E-state index contributed by atoms with van der Waals surface area (Å²) in [5.41, 5.74) is 1.61. The lowest BCUT2D eigenvalue weighted by atomic mass is 9.84. The molecule has 5 rings (SSSR count). The van der Waals surface area contributed by atoms with Crippen LogP contribution in [0.15, 0.2) is 36.4 Å². The number of rotatable bonds is 7. The van der Waals surface area contributed by atoms with Gasteiger partial charge >= 0.3 is 0 Å². The molecule has 0 aliphatic carbocycles. The summed E-state index contributed by atoms with van der Waals surface area (Å²) < 4.78 is 44.7. The SMILES string of the molecule is O=C(C[C@@H]1C[C@H]2c3cc(NC(=O)C4CCOCC4)ccc3O[C@H]2[C@@H](CO)O1)NCc1cc(F)ccc1F. The Morgan fingerprint density at radius 2 is 1.89 bits per heavy atom. The van der Waals surface area contributed by atoms with Gasteiger partial charge in [-0.1, -0.05) is 0 Å². The van der Waals surface area contributed by atoms with Crippen molar-refractivity contribution in [1.82, 2.24) is 5.32 Å². The van der Waals surface area contributed by atoms with Crippen molar-refractivity contribution in [3.63, 3.8) is 0 Å². The minimum absolute atomic E-state index is 0.00777. The van der Waals surface area contributed by atoms with Crippen molar-refractivity contribution in [3.05, 3.63) is 59.2 Å². The molecule has 10 heteroatoms. The number of amides is 2. The van der Waals surface area contributed by atoms with Crippen LogP contribution in [0, 0.1) is 17.6 Å². The van der Waals surface area contributed by atoms with Crippen molar-refractivity contribution in [2.75, 3.05) is 25.1 Å². The summed E-state index contributed by atoms with van der Waals surface area (Å²) in [7, 11) is 0. The first-order valence-electron chi connectivity index (χ1n) is 12.6. The fraction of sp³-hybridized carbons (Fsp3) is 0.481. The fourth-order valence-electron chi connectivity index (χ4n) is 5.32. The largest absolute Gasteiger partial charge is 0.487 e. The van der Waals surface area contributed by atoms with Gasteiger partial charge in [0.1, 0.15) is 29.6 Å². The van der Waals surface area contributed by atoms with E-state index in [9.17, 15) is 23.5 Å². The van der Waals surface area contributed by atoms with Crippen molar-refractivity contribution in [2.24, 2.45) is 5.92 Å². The normalized spacial score (nSPS) is 25.1. The predicted molar refractivity (Wildman–Crippen MR) is 129 cm³/mol. The predicted octanol–water partition coefficient (Wildman–Crippen LogP) is 3.03. The van der Waals surface area contributed by atoms with E-state index in [1.165, 1.54) is 0 Å². The molecular formula is C27H30F2N2O6. The number of hydrogen-bond acceptors (Lipinski definition) is 6. The van der Waals surface area contributed by atoms with E-state index in [4.69, 9.17) is 14.2 Å². The third-order valence-electron chi connectivity index (χ3n) is 7.26. The second kappa shape index (κ2) is 11.1. The van der Waals surface area contributed by atoms with Gasteiger partial charge in [0.05, 0.1) is 19.1 Å². The smallest absolute Gasteiger partial charge is 0.227 e. The van der Waals surface area contributed by atoms with Crippen molar-refractivity contribution >= 4 is 17.5 Å². The molecule has 2 aromatic carbocycles. The number of fused-ring (bicyclic) bond motifs is 3. The van der Waals surface area contributed by atoms with Crippen molar-refractivity contribution in [3.8, 4) is 5.75 Å². The molecule has 0 spiro atoms. The van der Waals surface area contributed by atoms with Crippen molar-refractivity contribution in [2.45, 2.75) is 56.5 Å². The van der Waals surface area contributed by atoms with Crippen LogP contribution in [-0.4, -0.2) is 55.1 Å². The Hall–Kier alpha value is -3.08. The maximum atomic E-state index is 13.9. The Labute approximate surface area is 213 Å². The topological polar surface area (TPSA) is 106 Å². The highest BCUT2D eigenvalue weighted by atomic mass is 19.1. The lowest BCUT2D eigenvalue weighted by molar-refractivity contribution is -0.142. The van der Waals surface area contributed by atoms with Crippen molar-refractivity contribution < 1.29 is 37.7 Å². The summed E-state index contributed by atoms with van der Waals surface area (Å²) in [5, 5.41) is 15.6. The Morgan fingerprint density at radius 1 is 1.08 bits per heavy atom. The summed E-state index contributed by atoms with van der Waals surface area (Å²) >= 11 is 0. The molecule has 3 heterocycles. The van der Waals surface area contributed by atoms with Crippen LogP contribution in [-0.2, 0) is 25.6 Å². The van der Waals surface area contributed by atoms with E-state index < -0.39 is 29.9 Å². The second-order valence-corrected chi connectivity index (χ2v) is 9.75. The Kier molecular flexibility index (Phi) is 7.68. The van der Waals surface area contributed by atoms with Crippen LogP contribution in [0.3, 0.4) is 0 Å². The van der Waals surface area contributed by atoms with Gasteiger partial charge in [-0.2, -0.15) is 0 Å². The minimum Gasteiger partial charge on any atom is -0.487 e. The summed E-state index contributed by atoms with van der Waals surface area (Å²) in [6.07, 6.45) is 0.281. The molecule has 8 nitrogen and oxygen atoms in total. The van der Waals surface area contributed by atoms with Crippen LogP contribution in [0.1, 0.15) is 42.7 Å². The highest BCUT2D eigenvalue weighted by Gasteiger charge is 2.46. The molecular weight excluding hydrogens is 486 g/mol. The molecule has 0 aromatic heterocycles. The van der Waals surface area contributed by atoms with Gasteiger partial charge in [-0.3, -0.25) is 9.59 Å². The molecule has 2 saturated heterocycles. The lowest BCUT2D eigenvalue weighted by Crippen LogP contribution is -2.47. The zero-order valence-electron chi connectivity index (χ0n) is 20.3. The van der Waals surface area contributed by atoms with Gasteiger partial charge in [0, 0.05) is 48.4 Å². The van der Waals surface area contributed by atoms with Gasteiger partial charge in [0.2, 0.25) is 11.8 Å². The number of ether oxygens (including phenoxy) is 3. The quantitative estimate of drug-likeness (QED) is 0.523. The standard InChI is InChI=1S/C27H30F2N2O6/c28-17-1-3-22(29)16(9-17)13-30-25(33)12-19-11-21-20-10-18(31-27(34)15-5-7-35-8-6-15)2-4-23(20)37-26(21)24(14-32)36-19/h1-4,9-10,15,19,21,24,26,32H,5-8,11-14H2,(H,30,33)(H,31,34)/t19-,21-,24+,26+/m0/s1. The average molecular weight is 517 g/mol. The molecule has 0 bridgehead atoms. The van der Waals surface area contributed by atoms with E-state index in [1.807, 2.05) is 6.07 Å². The van der Waals surface area contributed by atoms with Gasteiger partial charge in [-0.15, -0.1) is 0 Å². The third-order valence-corrected chi connectivity index (χ3v) is 7.26. The highest BCUT2D eigenvalue weighted by Crippen LogP contribution is 2.47. The van der Waals surface area contributed by atoms with Gasteiger partial charge in [0.15, 0.2) is 0 Å². The van der Waals surface area contributed by atoms with Crippen LogP contribution in [0.4, 0.5) is 14.5 Å². The average Bonchev–Trinajstić information content (AvgIpc) is 3.27. The van der Waals surface area contributed by atoms with Gasteiger partial charge < -0.3 is 30.0 Å². The lowest BCUT2D eigenvalue weighted by Gasteiger charge is -2.37. The first kappa shape index (κ1) is 25.6. The Morgan fingerprint density at radius 3 is 2.68 bits per heavy atom. The van der Waals surface area contributed by atoms with E-state index in [2.05, 4.69) is 10.6 Å². The summed E-state index contributed by atoms with van der Waals surface area (Å²) in [5.74, 6) is -1.16. The van der Waals surface area contributed by atoms with E-state index in [0.717, 1.165) is 23.8 Å². The molecule has 0 radical (unpaired) electrons. The maximum absolute atomic E-state index is 13.9. The van der Waals surface area contributed by atoms with E-state index in [0.29, 0.717) is 43.9 Å². The fourth-order valence-corrected chi connectivity index (χ4v) is 5.32. The zero-order valence-corrected chi connectivity index (χ0v) is 20.3. The number of benzene rings is 2. The van der Waals surface area contributed by atoms with E-state index in [-0.39, 0.29) is 48.8 Å². The van der Waals surface area contributed by atoms with E-state index in [1.54, 1.807) is 12.1 Å². The van der Waals surface area contributed by atoms with Crippen LogP contribution in [0.5, 0.6) is 5.75 Å². The Balaban J connectivity index is 1.24. The number of halogens is 2. The van der Waals surface area contributed by atoms with Crippen LogP contribution < -0.4 is 15.4 Å². The molecule has 2 aromatic rings. The van der Waals surface area contributed by atoms with Crippen molar-refractivity contribution in [1.29, 1.82) is 0 Å². The number of aliphatic hydroxyl groups is 1. The summed E-state index contributed by atoms with van der Waals surface area (Å²) in [4.78, 5) is 25.3. The molecule has 3 aliphatic heterocycles. The molecule has 198 valence electrons. The first-order chi connectivity index (χ1) is 17.9. The second-order valence-electron chi connectivity index (χ2n) is 9.75. The molecule has 0 saturated carbocycles. The molecule has 0 unspecified atom stereocenters. The molecule has 3 N–H and O–H groups in total. The summed E-state index contributed by atoms with van der Waals surface area (Å²) in [6.45, 7) is 0.727. The van der Waals surface area contributed by atoms with Crippen LogP contribution >= 0.6 is 0 Å². The number of hydrogen-bond donors (Lipinski definition) is 3. The monoisotopic (exact) mass is 516 g/mol. The molecule has 37 heavy (non-hydrogen) atoms. The van der Waals surface area contributed by atoms with Crippen LogP contribution in [0.2, 0.25) is 0 Å². The minimum atomic E-state index is -0.634. The number of carbonyl (C=O) groups is 2. The first-order valence-corrected chi connectivity index (χ1v) is 12.6. The number of carbonyl (C=O) groups excluding carboxylic acids is 2. The maximum Gasteiger partial charge on any atom is 0.227 e. The third kappa shape index (κ3) is 5.76. The highest BCUT2D eigenvalue weighted by molar-refractivity contribution is 5.92. The molecule has 3 aliphatic rings. The number of aliphatic hydroxyl groups excluding tert-OH is 1. The number of anilines is 1. The molecule has 4 atom stereocenters. The van der Waals surface area contributed by atoms with Crippen LogP contribution in [0.25, 0.3) is 0 Å². The Bertz CT molecular complexity index is 1160. The molecule has 2 fully saturated rings.